The smallest absolute Gasteiger partial charge is 0.121 e. The summed E-state index contributed by atoms with van der Waals surface area (Å²) >= 11 is 0. The molecule has 2 aliphatic heterocycles. The molecule has 240 valence electrons. The largest absolute Gasteiger partial charge is 0.393 e. The van der Waals surface area contributed by atoms with Crippen molar-refractivity contribution < 1.29 is 19.7 Å². The molecule has 4 fully saturated rings. The van der Waals surface area contributed by atoms with Crippen molar-refractivity contribution in [1.29, 1.82) is 0 Å². The summed E-state index contributed by atoms with van der Waals surface area (Å²) < 4.78 is 12.5. The number of hydrogen-bond acceptors (Lipinski definition) is 4. The third-order valence-electron chi connectivity index (χ3n) is 10.4. The van der Waals surface area contributed by atoms with Gasteiger partial charge in [-0.3, -0.25) is 0 Å². The SMILES string of the molecule is CC(=C/C=C/C=C(C)/C=C/C=C(C)/C=C/[C@@]12O[C@]1(C)C[C@@H](O)CC2(C)C)/C=C/C=C(C)/C=C\[C@@]12O[C@]1(C)C[C@@H](O)CC2(C)C. The molecule has 0 radical (unpaired) electrons. The summed E-state index contributed by atoms with van der Waals surface area (Å²) in [6, 6.07) is 0. The first-order valence-corrected chi connectivity index (χ1v) is 16.3. The third kappa shape index (κ3) is 6.84. The Morgan fingerprint density at radius 1 is 0.500 bits per heavy atom. The Hall–Kier alpha value is -2.50. The highest BCUT2D eigenvalue weighted by atomic mass is 16.6. The van der Waals surface area contributed by atoms with Crippen molar-refractivity contribution in [2.75, 3.05) is 0 Å². The van der Waals surface area contributed by atoms with Crippen molar-refractivity contribution in [2.45, 2.75) is 130 Å². The Labute approximate surface area is 267 Å². The van der Waals surface area contributed by atoms with Gasteiger partial charge in [0.15, 0.2) is 0 Å². The van der Waals surface area contributed by atoms with Gasteiger partial charge in [-0.25, -0.2) is 0 Å². The molecule has 2 saturated heterocycles. The van der Waals surface area contributed by atoms with Crippen LogP contribution in [0.15, 0.2) is 107 Å². The summed E-state index contributed by atoms with van der Waals surface area (Å²) in [5.74, 6) is 0. The summed E-state index contributed by atoms with van der Waals surface area (Å²) in [7, 11) is 0. The van der Waals surface area contributed by atoms with Crippen LogP contribution in [0.3, 0.4) is 0 Å². The molecule has 4 rings (SSSR count). The highest BCUT2D eigenvalue weighted by Crippen LogP contribution is 2.67. The van der Waals surface area contributed by atoms with Crippen LogP contribution in [0.4, 0.5) is 0 Å². The van der Waals surface area contributed by atoms with E-state index in [4.69, 9.17) is 9.47 Å². The van der Waals surface area contributed by atoms with Gasteiger partial charge in [0, 0.05) is 23.7 Å². The molecule has 0 amide bonds. The Morgan fingerprint density at radius 2 is 0.818 bits per heavy atom. The molecule has 4 nitrogen and oxygen atoms in total. The maximum Gasteiger partial charge on any atom is 0.121 e. The molecule has 0 aromatic heterocycles. The van der Waals surface area contributed by atoms with Gasteiger partial charge < -0.3 is 19.7 Å². The van der Waals surface area contributed by atoms with E-state index in [1.807, 2.05) is 0 Å². The zero-order valence-electron chi connectivity index (χ0n) is 28.8. The number of ether oxygens (including phenoxy) is 2. The normalized spacial score (nSPS) is 39.2. The zero-order valence-corrected chi connectivity index (χ0v) is 28.8. The predicted molar refractivity (Wildman–Crippen MR) is 183 cm³/mol. The molecular formula is C40H56O4. The van der Waals surface area contributed by atoms with E-state index < -0.39 is 0 Å². The first-order valence-electron chi connectivity index (χ1n) is 16.3. The maximum atomic E-state index is 10.3. The second-order valence-corrected chi connectivity index (χ2v) is 15.4. The van der Waals surface area contributed by atoms with Crippen molar-refractivity contribution in [1.82, 2.24) is 0 Å². The number of hydrogen-bond donors (Lipinski definition) is 2. The molecule has 2 saturated carbocycles. The summed E-state index contributed by atoms with van der Waals surface area (Å²) in [4.78, 5) is 0. The monoisotopic (exact) mass is 600 g/mol. The van der Waals surface area contributed by atoms with Crippen LogP contribution in [-0.4, -0.2) is 44.8 Å². The number of fused-ring (bicyclic) bond motifs is 2. The first-order chi connectivity index (χ1) is 20.4. The van der Waals surface area contributed by atoms with Crippen LogP contribution in [0.1, 0.15) is 94.9 Å². The molecule has 2 aliphatic carbocycles. The van der Waals surface area contributed by atoms with Gasteiger partial charge >= 0.3 is 0 Å². The highest BCUT2D eigenvalue weighted by Gasteiger charge is 2.75. The Bertz CT molecular complexity index is 1270. The second-order valence-electron chi connectivity index (χ2n) is 15.4. The summed E-state index contributed by atoms with van der Waals surface area (Å²) in [6.07, 6.45) is 32.0. The second kappa shape index (κ2) is 12.4. The molecule has 44 heavy (non-hydrogen) atoms. The van der Waals surface area contributed by atoms with Gasteiger partial charge in [0.05, 0.1) is 12.2 Å². The lowest BCUT2D eigenvalue weighted by Crippen LogP contribution is -2.46. The molecule has 2 heterocycles. The molecule has 0 spiro atoms. The van der Waals surface area contributed by atoms with Gasteiger partial charge in [-0.1, -0.05) is 123 Å². The number of aliphatic hydroxyl groups excluding tert-OH is 2. The van der Waals surface area contributed by atoms with E-state index in [1.54, 1.807) is 0 Å². The zero-order chi connectivity index (χ0) is 32.6. The lowest BCUT2D eigenvalue weighted by Gasteiger charge is -2.39. The third-order valence-corrected chi connectivity index (χ3v) is 10.4. The van der Waals surface area contributed by atoms with Crippen LogP contribution in [-0.2, 0) is 9.47 Å². The molecule has 4 heteroatoms. The Morgan fingerprint density at radius 3 is 1.16 bits per heavy atom. The Kier molecular flexibility index (Phi) is 9.66. The number of epoxide rings is 2. The summed E-state index contributed by atoms with van der Waals surface area (Å²) in [5, 5.41) is 20.5. The van der Waals surface area contributed by atoms with E-state index in [0.717, 1.165) is 12.8 Å². The van der Waals surface area contributed by atoms with Crippen molar-refractivity contribution in [3.05, 3.63) is 107 Å². The maximum absolute atomic E-state index is 10.3. The average molecular weight is 601 g/mol. The molecule has 0 unspecified atom stereocenters. The van der Waals surface area contributed by atoms with Crippen molar-refractivity contribution >= 4 is 0 Å². The predicted octanol–water partition coefficient (Wildman–Crippen LogP) is 8.97. The van der Waals surface area contributed by atoms with Crippen LogP contribution in [0.5, 0.6) is 0 Å². The highest BCUT2D eigenvalue weighted by molar-refractivity contribution is 5.38. The van der Waals surface area contributed by atoms with E-state index in [9.17, 15) is 10.2 Å². The van der Waals surface area contributed by atoms with E-state index >= 15 is 0 Å². The summed E-state index contributed by atoms with van der Waals surface area (Å²) in [6.45, 7) is 21.4. The van der Waals surface area contributed by atoms with Crippen molar-refractivity contribution in [3.63, 3.8) is 0 Å². The fourth-order valence-electron chi connectivity index (χ4n) is 7.99. The molecular weight excluding hydrogens is 544 g/mol. The standard InChI is InChI=1S/C40H56O4/c1-29(17-13-19-31(3)21-23-39-35(5,6)25-33(41)27-37(39,9)43-39)15-11-12-16-30(2)18-14-20-32(4)22-24-40-36(7,8)26-34(42)28-38(40,10)44-40/h11-24,33-34,41-42H,25-28H2,1-10H3/b12-11+,17-13+,18-14+,23-21-,24-22+,29-15-,30-16+,31-19+,32-20+/t33-,34-,37+,38+,39-,40-/m0/s1. The fourth-order valence-corrected chi connectivity index (χ4v) is 7.99. The van der Waals surface area contributed by atoms with Gasteiger partial charge in [-0.15, -0.1) is 0 Å². The molecule has 0 aromatic rings. The van der Waals surface area contributed by atoms with E-state index in [2.05, 4.69) is 154 Å². The number of aliphatic hydroxyl groups is 2. The minimum atomic E-state index is -0.294. The van der Waals surface area contributed by atoms with Crippen LogP contribution >= 0.6 is 0 Å². The van der Waals surface area contributed by atoms with Crippen LogP contribution in [0.25, 0.3) is 0 Å². The van der Waals surface area contributed by atoms with E-state index in [0.29, 0.717) is 12.8 Å². The minimum Gasteiger partial charge on any atom is -0.393 e. The quantitative estimate of drug-likeness (QED) is 0.194. The topological polar surface area (TPSA) is 65.5 Å². The molecule has 6 atom stereocenters. The molecule has 0 aromatic carbocycles. The van der Waals surface area contributed by atoms with Crippen LogP contribution in [0, 0.1) is 10.8 Å². The van der Waals surface area contributed by atoms with Gasteiger partial charge in [0.2, 0.25) is 0 Å². The molecule has 2 N–H and O–H groups in total. The lowest BCUT2D eigenvalue weighted by molar-refractivity contribution is 0.0510. The first kappa shape index (κ1) is 34.4. The number of rotatable bonds is 10. The van der Waals surface area contributed by atoms with Gasteiger partial charge in [-0.05, 0) is 66.5 Å². The number of allylic oxidation sites excluding steroid dienone is 16. The molecule has 0 bridgehead atoms. The average Bonchev–Trinajstić information content (AvgIpc) is 3.73. The van der Waals surface area contributed by atoms with Crippen molar-refractivity contribution in [2.24, 2.45) is 10.8 Å². The Balaban J connectivity index is 1.25. The van der Waals surface area contributed by atoms with E-state index in [1.165, 1.54) is 22.3 Å². The van der Waals surface area contributed by atoms with Gasteiger partial charge in [-0.2, -0.15) is 0 Å². The van der Waals surface area contributed by atoms with Crippen molar-refractivity contribution in [3.8, 4) is 0 Å². The molecule has 4 aliphatic rings. The summed E-state index contributed by atoms with van der Waals surface area (Å²) in [5.41, 5.74) is 3.36. The van der Waals surface area contributed by atoms with Gasteiger partial charge in [0.25, 0.3) is 0 Å². The fraction of sp³-hybridized carbons (Fsp3) is 0.550. The van der Waals surface area contributed by atoms with E-state index in [-0.39, 0.29) is 45.4 Å². The van der Waals surface area contributed by atoms with Gasteiger partial charge in [0.1, 0.15) is 22.4 Å². The lowest BCUT2D eigenvalue weighted by atomic mass is 9.63. The van der Waals surface area contributed by atoms with Crippen LogP contribution < -0.4 is 0 Å². The minimum absolute atomic E-state index is 0.0969. The van der Waals surface area contributed by atoms with Crippen LogP contribution in [0.2, 0.25) is 0 Å².